The number of hydrogen-bond acceptors (Lipinski definition) is 5. The molecule has 0 aliphatic carbocycles. The Morgan fingerprint density at radius 2 is 1.86 bits per heavy atom. The summed E-state index contributed by atoms with van der Waals surface area (Å²) in [6, 6.07) is 1.68. The second-order valence-electron chi connectivity index (χ2n) is 7.80. The number of benzene rings is 1. The molecule has 1 aromatic rings. The standard InChI is InChI=1S/C19H28N4O5S/c1-11(2)7-16-18(25)23(19(26)21-16)10-17(24)20-15-9-14(8-12(3)13(15)4)29(27,28)22(5)6/h8-9,11,16H,7,10H2,1-6H3,(H,20,24)(H,21,26). The highest BCUT2D eigenvalue weighted by molar-refractivity contribution is 7.89. The predicted octanol–water partition coefficient (Wildman–Crippen LogP) is 1.46. The summed E-state index contributed by atoms with van der Waals surface area (Å²) in [6.07, 6.45) is 0.492. The van der Waals surface area contributed by atoms with Crippen LogP contribution in [0, 0.1) is 19.8 Å². The van der Waals surface area contributed by atoms with Gasteiger partial charge in [-0.3, -0.25) is 14.5 Å². The molecule has 10 heteroatoms. The quantitative estimate of drug-likeness (QED) is 0.643. The molecule has 1 saturated heterocycles. The van der Waals surface area contributed by atoms with E-state index >= 15 is 0 Å². The van der Waals surface area contributed by atoms with E-state index in [9.17, 15) is 22.8 Å². The molecule has 0 bridgehead atoms. The summed E-state index contributed by atoms with van der Waals surface area (Å²) in [6.45, 7) is 6.93. The van der Waals surface area contributed by atoms with Crippen molar-refractivity contribution in [1.29, 1.82) is 0 Å². The number of aryl methyl sites for hydroxylation is 1. The highest BCUT2D eigenvalue weighted by atomic mass is 32.2. The van der Waals surface area contributed by atoms with Crippen LogP contribution in [-0.4, -0.2) is 62.2 Å². The van der Waals surface area contributed by atoms with E-state index in [0.29, 0.717) is 23.2 Å². The van der Waals surface area contributed by atoms with Crippen molar-refractivity contribution in [3.63, 3.8) is 0 Å². The fourth-order valence-electron chi connectivity index (χ4n) is 3.01. The van der Waals surface area contributed by atoms with Gasteiger partial charge in [0.15, 0.2) is 0 Å². The van der Waals surface area contributed by atoms with Crippen molar-refractivity contribution in [2.45, 2.75) is 45.1 Å². The van der Waals surface area contributed by atoms with Gasteiger partial charge in [0.2, 0.25) is 15.9 Å². The zero-order valence-electron chi connectivity index (χ0n) is 17.6. The average molecular weight is 425 g/mol. The van der Waals surface area contributed by atoms with Crippen LogP contribution in [0.2, 0.25) is 0 Å². The molecule has 0 spiro atoms. The Morgan fingerprint density at radius 1 is 1.24 bits per heavy atom. The van der Waals surface area contributed by atoms with Crippen LogP contribution >= 0.6 is 0 Å². The van der Waals surface area contributed by atoms with E-state index in [4.69, 9.17) is 0 Å². The number of carbonyl (C=O) groups excluding carboxylic acids is 3. The number of amides is 4. The topological polar surface area (TPSA) is 116 Å². The number of carbonyl (C=O) groups is 3. The number of rotatable bonds is 7. The highest BCUT2D eigenvalue weighted by Gasteiger charge is 2.39. The van der Waals surface area contributed by atoms with E-state index in [-0.39, 0.29) is 10.8 Å². The zero-order valence-corrected chi connectivity index (χ0v) is 18.4. The molecule has 1 aliphatic heterocycles. The van der Waals surface area contributed by atoms with Crippen LogP contribution in [0.15, 0.2) is 17.0 Å². The van der Waals surface area contributed by atoms with Crippen LogP contribution in [0.1, 0.15) is 31.4 Å². The van der Waals surface area contributed by atoms with Crippen LogP contribution in [0.5, 0.6) is 0 Å². The van der Waals surface area contributed by atoms with Gasteiger partial charge in [0.05, 0.1) is 4.90 Å². The van der Waals surface area contributed by atoms with Crippen molar-refractivity contribution in [3.8, 4) is 0 Å². The minimum absolute atomic E-state index is 0.0490. The van der Waals surface area contributed by atoms with Gasteiger partial charge in [-0.25, -0.2) is 17.5 Å². The second kappa shape index (κ2) is 8.50. The van der Waals surface area contributed by atoms with Crippen LogP contribution in [-0.2, 0) is 19.6 Å². The first-order valence-corrected chi connectivity index (χ1v) is 10.7. The van der Waals surface area contributed by atoms with Gasteiger partial charge in [0.25, 0.3) is 5.91 Å². The summed E-state index contributed by atoms with van der Waals surface area (Å²) < 4.78 is 25.9. The number of hydrogen-bond donors (Lipinski definition) is 2. The SMILES string of the molecule is Cc1cc(S(=O)(=O)N(C)C)cc(NC(=O)CN2C(=O)NC(CC(C)C)C2=O)c1C. The maximum Gasteiger partial charge on any atom is 0.325 e. The number of urea groups is 1. The molecule has 1 aromatic carbocycles. The third-order valence-corrected chi connectivity index (χ3v) is 6.60. The number of nitrogens with zero attached hydrogens (tertiary/aromatic N) is 2. The summed E-state index contributed by atoms with van der Waals surface area (Å²) in [4.78, 5) is 37.9. The molecular formula is C19H28N4O5S. The molecule has 2 N–H and O–H groups in total. The fraction of sp³-hybridized carbons (Fsp3) is 0.526. The molecule has 4 amide bonds. The zero-order chi connectivity index (χ0) is 22.1. The number of anilines is 1. The average Bonchev–Trinajstić information content (AvgIpc) is 2.85. The minimum atomic E-state index is -3.68. The number of imide groups is 1. The Kier molecular flexibility index (Phi) is 6.69. The van der Waals surface area contributed by atoms with Gasteiger partial charge < -0.3 is 10.6 Å². The molecule has 160 valence electrons. The van der Waals surface area contributed by atoms with Crippen LogP contribution in [0.3, 0.4) is 0 Å². The molecule has 0 saturated carbocycles. The van der Waals surface area contributed by atoms with Crippen molar-refractivity contribution >= 4 is 33.6 Å². The van der Waals surface area contributed by atoms with E-state index in [2.05, 4.69) is 10.6 Å². The molecule has 1 atom stereocenters. The molecule has 0 aromatic heterocycles. The minimum Gasteiger partial charge on any atom is -0.326 e. The molecule has 2 rings (SSSR count). The molecule has 0 radical (unpaired) electrons. The summed E-state index contributed by atoms with van der Waals surface area (Å²) >= 11 is 0. The van der Waals surface area contributed by atoms with Gasteiger partial charge >= 0.3 is 6.03 Å². The maximum absolute atomic E-state index is 12.5. The van der Waals surface area contributed by atoms with Crippen molar-refractivity contribution in [1.82, 2.24) is 14.5 Å². The van der Waals surface area contributed by atoms with E-state index < -0.39 is 40.5 Å². The Balaban J connectivity index is 2.20. The lowest BCUT2D eigenvalue weighted by atomic mass is 10.0. The molecule has 1 unspecified atom stereocenters. The van der Waals surface area contributed by atoms with E-state index in [1.165, 1.54) is 26.2 Å². The third-order valence-electron chi connectivity index (χ3n) is 4.81. The summed E-state index contributed by atoms with van der Waals surface area (Å²) in [5.41, 5.74) is 1.71. The van der Waals surface area contributed by atoms with Crippen LogP contribution in [0.25, 0.3) is 0 Å². The molecule has 1 heterocycles. The summed E-state index contributed by atoms with van der Waals surface area (Å²) in [5.74, 6) is -0.804. The fourth-order valence-corrected chi connectivity index (χ4v) is 4.02. The van der Waals surface area contributed by atoms with E-state index in [1.54, 1.807) is 13.8 Å². The monoisotopic (exact) mass is 424 g/mol. The van der Waals surface area contributed by atoms with Gasteiger partial charge in [-0.15, -0.1) is 0 Å². The largest absolute Gasteiger partial charge is 0.326 e. The van der Waals surface area contributed by atoms with Crippen molar-refractivity contribution in [2.75, 3.05) is 26.0 Å². The Bertz CT molecular complexity index is 940. The number of nitrogens with one attached hydrogen (secondary N) is 2. The second-order valence-corrected chi connectivity index (χ2v) is 9.96. The maximum atomic E-state index is 12.5. The van der Waals surface area contributed by atoms with Crippen molar-refractivity contribution in [2.24, 2.45) is 5.92 Å². The molecule has 29 heavy (non-hydrogen) atoms. The summed E-state index contributed by atoms with van der Waals surface area (Å²) in [5, 5.41) is 5.22. The lowest BCUT2D eigenvalue weighted by Crippen LogP contribution is -2.38. The Labute approximate surface area is 171 Å². The smallest absolute Gasteiger partial charge is 0.325 e. The van der Waals surface area contributed by atoms with Crippen LogP contribution in [0.4, 0.5) is 10.5 Å². The lowest BCUT2D eigenvalue weighted by molar-refractivity contribution is -0.131. The normalized spacial score (nSPS) is 17.2. The molecule has 1 aliphatic rings. The third kappa shape index (κ3) is 4.94. The molecule has 1 fully saturated rings. The predicted molar refractivity (Wildman–Crippen MR) is 109 cm³/mol. The van der Waals surface area contributed by atoms with Gasteiger partial charge in [0.1, 0.15) is 12.6 Å². The van der Waals surface area contributed by atoms with E-state index in [1.807, 2.05) is 13.8 Å². The van der Waals surface area contributed by atoms with E-state index in [0.717, 1.165) is 9.21 Å². The molecular weight excluding hydrogens is 396 g/mol. The van der Waals surface area contributed by atoms with Gasteiger partial charge in [-0.2, -0.15) is 0 Å². The first-order chi connectivity index (χ1) is 13.3. The first-order valence-electron chi connectivity index (χ1n) is 9.30. The van der Waals surface area contributed by atoms with Crippen LogP contribution < -0.4 is 10.6 Å². The van der Waals surface area contributed by atoms with Crippen molar-refractivity contribution in [3.05, 3.63) is 23.3 Å². The van der Waals surface area contributed by atoms with Gasteiger partial charge in [-0.1, -0.05) is 13.8 Å². The Hall–Kier alpha value is -2.46. The van der Waals surface area contributed by atoms with Gasteiger partial charge in [-0.05, 0) is 49.4 Å². The summed E-state index contributed by atoms with van der Waals surface area (Å²) in [7, 11) is -0.831. The lowest BCUT2D eigenvalue weighted by Gasteiger charge is -2.18. The van der Waals surface area contributed by atoms with Gasteiger partial charge in [0, 0.05) is 19.8 Å². The Morgan fingerprint density at radius 3 is 2.41 bits per heavy atom. The first kappa shape index (κ1) is 22.8. The highest BCUT2D eigenvalue weighted by Crippen LogP contribution is 2.25. The van der Waals surface area contributed by atoms with Crippen molar-refractivity contribution < 1.29 is 22.8 Å². The molecule has 9 nitrogen and oxygen atoms in total. The number of sulfonamides is 1.